The molecular formula is C14H25N3. The van der Waals surface area contributed by atoms with E-state index in [0.717, 1.165) is 19.4 Å². The Morgan fingerprint density at radius 2 is 2.06 bits per heavy atom. The Morgan fingerprint density at radius 1 is 1.41 bits per heavy atom. The Hall–Kier alpha value is -0.830. The summed E-state index contributed by atoms with van der Waals surface area (Å²) in [5, 5.41) is 4.63. The van der Waals surface area contributed by atoms with Gasteiger partial charge in [-0.25, -0.2) is 0 Å². The molecule has 1 heterocycles. The predicted octanol–water partition coefficient (Wildman–Crippen LogP) is 2.75. The Kier molecular flexibility index (Phi) is 3.06. The van der Waals surface area contributed by atoms with Gasteiger partial charge in [0.15, 0.2) is 0 Å². The fourth-order valence-electron chi connectivity index (χ4n) is 3.37. The van der Waals surface area contributed by atoms with Crippen molar-refractivity contribution in [3.63, 3.8) is 0 Å². The van der Waals surface area contributed by atoms with Crippen LogP contribution in [-0.2, 0) is 6.54 Å². The highest BCUT2D eigenvalue weighted by atomic mass is 15.3. The van der Waals surface area contributed by atoms with Gasteiger partial charge in [0.1, 0.15) is 0 Å². The van der Waals surface area contributed by atoms with E-state index < -0.39 is 0 Å². The first-order valence-electron chi connectivity index (χ1n) is 6.75. The molecule has 2 rings (SSSR count). The van der Waals surface area contributed by atoms with E-state index in [2.05, 4.69) is 44.4 Å². The monoisotopic (exact) mass is 235 g/mol. The zero-order valence-corrected chi connectivity index (χ0v) is 11.7. The van der Waals surface area contributed by atoms with Crippen LogP contribution in [0.4, 0.5) is 0 Å². The van der Waals surface area contributed by atoms with Crippen molar-refractivity contribution in [2.75, 3.05) is 0 Å². The van der Waals surface area contributed by atoms with Crippen molar-refractivity contribution in [1.82, 2.24) is 9.78 Å². The fourth-order valence-corrected chi connectivity index (χ4v) is 3.37. The van der Waals surface area contributed by atoms with Crippen LogP contribution in [0.25, 0.3) is 0 Å². The zero-order valence-electron chi connectivity index (χ0n) is 11.7. The molecule has 1 aromatic rings. The van der Waals surface area contributed by atoms with Crippen molar-refractivity contribution < 1.29 is 0 Å². The van der Waals surface area contributed by atoms with Crippen LogP contribution < -0.4 is 5.73 Å². The van der Waals surface area contributed by atoms with Crippen LogP contribution in [-0.4, -0.2) is 15.8 Å². The molecule has 96 valence electrons. The molecule has 1 saturated carbocycles. The standard InChI is InChI=1S/C14H25N3/c1-6-14(5)11(8-12(14)15)13-9(3)16-17(7-2)10(13)4/h11-12H,6-8,15H2,1-5H3. The van der Waals surface area contributed by atoms with E-state index in [4.69, 9.17) is 5.73 Å². The maximum absolute atomic E-state index is 6.21. The van der Waals surface area contributed by atoms with Crippen LogP contribution >= 0.6 is 0 Å². The van der Waals surface area contributed by atoms with Crippen LogP contribution in [0, 0.1) is 19.3 Å². The van der Waals surface area contributed by atoms with Crippen LogP contribution in [0.1, 0.15) is 56.5 Å². The SMILES string of the molecule is CCn1nc(C)c(C2CC(N)C2(C)CC)c1C. The average molecular weight is 235 g/mol. The minimum Gasteiger partial charge on any atom is -0.327 e. The Bertz CT molecular complexity index is 421. The molecule has 0 spiro atoms. The molecule has 0 saturated heterocycles. The van der Waals surface area contributed by atoms with Crippen molar-refractivity contribution in [2.24, 2.45) is 11.1 Å². The minimum absolute atomic E-state index is 0.261. The van der Waals surface area contributed by atoms with E-state index in [0.29, 0.717) is 12.0 Å². The van der Waals surface area contributed by atoms with E-state index in [-0.39, 0.29) is 5.41 Å². The third-order valence-electron chi connectivity index (χ3n) is 4.98. The third-order valence-corrected chi connectivity index (χ3v) is 4.98. The van der Waals surface area contributed by atoms with Gasteiger partial charge in [-0.05, 0) is 50.5 Å². The normalized spacial score (nSPS) is 32.6. The lowest BCUT2D eigenvalue weighted by molar-refractivity contribution is 0.0697. The zero-order chi connectivity index (χ0) is 12.8. The van der Waals surface area contributed by atoms with E-state index in [1.807, 2.05) is 0 Å². The lowest BCUT2D eigenvalue weighted by atomic mass is 9.54. The van der Waals surface area contributed by atoms with Gasteiger partial charge < -0.3 is 5.73 Å². The Morgan fingerprint density at radius 3 is 2.47 bits per heavy atom. The average Bonchev–Trinajstić information content (AvgIpc) is 2.60. The molecule has 0 radical (unpaired) electrons. The van der Waals surface area contributed by atoms with Crippen LogP contribution in [0.3, 0.4) is 0 Å². The maximum Gasteiger partial charge on any atom is 0.0631 e. The van der Waals surface area contributed by atoms with Gasteiger partial charge in [-0.2, -0.15) is 5.10 Å². The van der Waals surface area contributed by atoms with Crippen LogP contribution in [0.15, 0.2) is 0 Å². The quantitative estimate of drug-likeness (QED) is 0.875. The summed E-state index contributed by atoms with van der Waals surface area (Å²) < 4.78 is 2.12. The highest BCUT2D eigenvalue weighted by Crippen LogP contribution is 2.55. The second-order valence-corrected chi connectivity index (χ2v) is 5.65. The molecule has 0 aliphatic heterocycles. The van der Waals surface area contributed by atoms with Crippen molar-refractivity contribution in [3.8, 4) is 0 Å². The van der Waals surface area contributed by atoms with Gasteiger partial charge in [-0.1, -0.05) is 13.8 Å². The molecule has 3 atom stereocenters. The molecule has 1 aromatic heterocycles. The molecule has 0 aromatic carbocycles. The summed E-state index contributed by atoms with van der Waals surface area (Å²) in [6.07, 6.45) is 2.26. The first kappa shape index (κ1) is 12.6. The summed E-state index contributed by atoms with van der Waals surface area (Å²) in [7, 11) is 0. The van der Waals surface area contributed by atoms with Crippen molar-refractivity contribution in [1.29, 1.82) is 0 Å². The van der Waals surface area contributed by atoms with E-state index in [1.165, 1.54) is 17.0 Å². The summed E-state index contributed by atoms with van der Waals surface area (Å²) in [6, 6.07) is 0.348. The maximum atomic E-state index is 6.21. The molecule has 1 fully saturated rings. The van der Waals surface area contributed by atoms with Gasteiger partial charge in [-0.15, -0.1) is 0 Å². The smallest absolute Gasteiger partial charge is 0.0631 e. The molecule has 0 bridgehead atoms. The largest absolute Gasteiger partial charge is 0.327 e. The second kappa shape index (κ2) is 4.13. The highest BCUT2D eigenvalue weighted by molar-refractivity contribution is 5.34. The van der Waals surface area contributed by atoms with Gasteiger partial charge >= 0.3 is 0 Å². The van der Waals surface area contributed by atoms with Crippen molar-refractivity contribution in [2.45, 2.75) is 66.0 Å². The number of nitrogens with zero attached hydrogens (tertiary/aromatic N) is 2. The second-order valence-electron chi connectivity index (χ2n) is 5.65. The molecule has 3 unspecified atom stereocenters. The first-order valence-corrected chi connectivity index (χ1v) is 6.75. The summed E-state index contributed by atoms with van der Waals surface area (Å²) in [6.45, 7) is 12.0. The molecule has 3 nitrogen and oxygen atoms in total. The Labute approximate surface area is 104 Å². The number of hydrogen-bond acceptors (Lipinski definition) is 2. The van der Waals surface area contributed by atoms with E-state index in [9.17, 15) is 0 Å². The van der Waals surface area contributed by atoms with Gasteiger partial charge in [0.25, 0.3) is 0 Å². The Balaban J connectivity index is 2.39. The summed E-state index contributed by atoms with van der Waals surface area (Å²) in [4.78, 5) is 0. The van der Waals surface area contributed by atoms with Crippen LogP contribution in [0.2, 0.25) is 0 Å². The lowest BCUT2D eigenvalue weighted by Gasteiger charge is -2.53. The highest BCUT2D eigenvalue weighted by Gasteiger charge is 2.50. The number of nitrogens with two attached hydrogens (primary N) is 1. The number of rotatable bonds is 3. The predicted molar refractivity (Wildman–Crippen MR) is 71.1 cm³/mol. The van der Waals surface area contributed by atoms with E-state index >= 15 is 0 Å². The fraction of sp³-hybridized carbons (Fsp3) is 0.786. The van der Waals surface area contributed by atoms with Gasteiger partial charge in [0.05, 0.1) is 5.69 Å². The minimum atomic E-state index is 0.261. The van der Waals surface area contributed by atoms with Crippen LogP contribution in [0.5, 0.6) is 0 Å². The van der Waals surface area contributed by atoms with Crippen molar-refractivity contribution >= 4 is 0 Å². The van der Waals surface area contributed by atoms with Gasteiger partial charge in [0.2, 0.25) is 0 Å². The molecule has 17 heavy (non-hydrogen) atoms. The van der Waals surface area contributed by atoms with E-state index in [1.54, 1.807) is 0 Å². The summed E-state index contributed by atoms with van der Waals surface area (Å²) in [5.74, 6) is 0.600. The summed E-state index contributed by atoms with van der Waals surface area (Å²) in [5.41, 5.74) is 10.5. The number of hydrogen-bond donors (Lipinski definition) is 1. The topological polar surface area (TPSA) is 43.8 Å². The molecule has 3 heteroatoms. The first-order chi connectivity index (χ1) is 7.95. The molecule has 1 aliphatic carbocycles. The molecule has 1 aliphatic rings. The van der Waals surface area contributed by atoms with Crippen molar-refractivity contribution in [3.05, 3.63) is 17.0 Å². The lowest BCUT2D eigenvalue weighted by Crippen LogP contribution is -2.54. The van der Waals surface area contributed by atoms with Gasteiger partial charge in [0, 0.05) is 18.3 Å². The number of aryl methyl sites for hydroxylation is 2. The number of aromatic nitrogens is 2. The molecule has 2 N–H and O–H groups in total. The van der Waals surface area contributed by atoms with Gasteiger partial charge in [-0.3, -0.25) is 4.68 Å². The third kappa shape index (κ3) is 1.63. The summed E-state index contributed by atoms with van der Waals surface area (Å²) >= 11 is 0. The molecular weight excluding hydrogens is 210 g/mol. The molecule has 0 amide bonds.